The number of hydrogen-bond acceptors (Lipinski definition) is 5. The Hall–Kier alpha value is -3.02. The molecule has 5 heteroatoms. The summed E-state index contributed by atoms with van der Waals surface area (Å²) in [6, 6.07) is 18.4. The van der Waals surface area contributed by atoms with Crippen LogP contribution < -0.4 is 26.8 Å². The fourth-order valence-corrected chi connectivity index (χ4v) is 6.59. The van der Waals surface area contributed by atoms with Crippen LogP contribution in [0.3, 0.4) is 0 Å². The van der Waals surface area contributed by atoms with Crippen molar-refractivity contribution in [1.82, 2.24) is 9.80 Å². The highest BCUT2D eigenvalue weighted by Gasteiger charge is 2.28. The molecular formula is C38H57N5. The molecule has 0 bridgehead atoms. The summed E-state index contributed by atoms with van der Waals surface area (Å²) < 4.78 is 0. The largest absolute Gasteiger partial charge is 0.372 e. The molecule has 1 unspecified atom stereocenters. The molecule has 0 saturated heterocycles. The molecule has 0 aromatic heterocycles. The fraction of sp³-hybridized carbons (Fsp3) is 0.526. The third-order valence-corrected chi connectivity index (χ3v) is 9.03. The van der Waals surface area contributed by atoms with Crippen LogP contribution in [0.5, 0.6) is 0 Å². The quantitative estimate of drug-likeness (QED) is 0.207. The summed E-state index contributed by atoms with van der Waals surface area (Å²) in [5.41, 5.74) is 18.4. The SMILES string of the molecule is CCCCCCN(CCCCCC)c1ccc2c(c1)=C(c1ccccc1)N(C)C1C=C(N(CCCN)CCCN)C=CC=21. The van der Waals surface area contributed by atoms with Gasteiger partial charge in [-0.15, -0.1) is 0 Å². The van der Waals surface area contributed by atoms with E-state index in [1.807, 2.05) is 0 Å². The number of anilines is 1. The van der Waals surface area contributed by atoms with Crippen LogP contribution in [0.4, 0.5) is 5.69 Å². The van der Waals surface area contributed by atoms with Crippen molar-refractivity contribution in [3.8, 4) is 0 Å². The van der Waals surface area contributed by atoms with Gasteiger partial charge in [0.2, 0.25) is 0 Å². The topological polar surface area (TPSA) is 61.8 Å². The zero-order valence-electron chi connectivity index (χ0n) is 27.2. The predicted molar refractivity (Wildman–Crippen MR) is 186 cm³/mol. The number of allylic oxidation sites excluding steroid dienone is 1. The third kappa shape index (κ3) is 8.55. The first-order chi connectivity index (χ1) is 21.1. The Balaban J connectivity index is 1.78. The van der Waals surface area contributed by atoms with E-state index in [1.54, 1.807) is 0 Å². The molecule has 2 aromatic carbocycles. The van der Waals surface area contributed by atoms with E-state index in [1.165, 1.54) is 90.0 Å². The van der Waals surface area contributed by atoms with Crippen molar-refractivity contribution in [2.75, 3.05) is 51.2 Å². The van der Waals surface area contributed by atoms with Crippen LogP contribution in [0.2, 0.25) is 0 Å². The fourth-order valence-electron chi connectivity index (χ4n) is 6.59. The second-order valence-electron chi connectivity index (χ2n) is 12.3. The molecule has 1 heterocycles. The molecule has 4 rings (SSSR count). The van der Waals surface area contributed by atoms with Crippen LogP contribution in [-0.4, -0.2) is 62.2 Å². The molecule has 0 spiro atoms. The van der Waals surface area contributed by atoms with Crippen LogP contribution in [0, 0.1) is 0 Å². The summed E-state index contributed by atoms with van der Waals surface area (Å²) in [6.07, 6.45) is 19.4. The van der Waals surface area contributed by atoms with Crippen LogP contribution in [0.25, 0.3) is 11.3 Å². The van der Waals surface area contributed by atoms with E-state index in [0.29, 0.717) is 13.1 Å². The van der Waals surface area contributed by atoms with E-state index < -0.39 is 0 Å². The maximum Gasteiger partial charge on any atom is 0.0752 e. The van der Waals surface area contributed by atoms with Gasteiger partial charge in [-0.1, -0.05) is 94.8 Å². The molecule has 0 saturated carbocycles. The van der Waals surface area contributed by atoms with E-state index >= 15 is 0 Å². The predicted octanol–water partition coefficient (Wildman–Crippen LogP) is 5.73. The molecule has 43 heavy (non-hydrogen) atoms. The zero-order valence-corrected chi connectivity index (χ0v) is 27.2. The molecule has 2 aromatic rings. The molecule has 0 fully saturated rings. The van der Waals surface area contributed by atoms with Crippen molar-refractivity contribution < 1.29 is 0 Å². The van der Waals surface area contributed by atoms with Crippen LogP contribution in [-0.2, 0) is 0 Å². The Morgan fingerprint density at radius 1 is 0.674 bits per heavy atom. The number of likely N-dealkylation sites (N-methyl/N-ethyl adjacent to an activating group) is 1. The van der Waals surface area contributed by atoms with Gasteiger partial charge in [0.05, 0.1) is 11.7 Å². The summed E-state index contributed by atoms with van der Waals surface area (Å²) in [7, 11) is 2.27. The lowest BCUT2D eigenvalue weighted by molar-refractivity contribution is 0.340. The average Bonchev–Trinajstić information content (AvgIpc) is 3.04. The summed E-state index contributed by atoms with van der Waals surface area (Å²) in [4.78, 5) is 7.63. The van der Waals surface area contributed by atoms with Crippen molar-refractivity contribution in [2.45, 2.75) is 84.1 Å². The van der Waals surface area contributed by atoms with Gasteiger partial charge in [0.25, 0.3) is 0 Å². The van der Waals surface area contributed by atoms with Gasteiger partial charge in [-0.2, -0.15) is 0 Å². The molecule has 234 valence electrons. The Morgan fingerprint density at radius 2 is 1.30 bits per heavy atom. The summed E-state index contributed by atoms with van der Waals surface area (Å²) in [5, 5.41) is 2.69. The first kappa shape index (κ1) is 32.9. The normalized spacial score (nSPS) is 15.8. The molecular weight excluding hydrogens is 526 g/mol. The number of fused-ring (bicyclic) bond motifs is 2. The minimum absolute atomic E-state index is 0.172. The van der Waals surface area contributed by atoms with Gasteiger partial charge in [-0.3, -0.25) is 0 Å². The van der Waals surface area contributed by atoms with Gasteiger partial charge in [-0.25, -0.2) is 0 Å². The van der Waals surface area contributed by atoms with E-state index in [4.69, 9.17) is 11.5 Å². The van der Waals surface area contributed by atoms with Crippen LogP contribution in [0.15, 0.2) is 72.5 Å². The smallest absolute Gasteiger partial charge is 0.0752 e. The molecule has 1 aliphatic carbocycles. The summed E-state index contributed by atoms with van der Waals surface area (Å²) >= 11 is 0. The Kier molecular flexibility index (Phi) is 13.2. The third-order valence-electron chi connectivity index (χ3n) is 9.03. The first-order valence-electron chi connectivity index (χ1n) is 17.1. The molecule has 1 atom stereocenters. The zero-order chi connectivity index (χ0) is 30.4. The van der Waals surface area contributed by atoms with Crippen molar-refractivity contribution >= 4 is 17.0 Å². The van der Waals surface area contributed by atoms with E-state index in [2.05, 4.69) is 102 Å². The Bertz CT molecular complexity index is 1290. The standard InChI is InChI=1S/C38H57N5/c1-4-6-8-13-25-42(26-14-9-7-5-2)32-19-21-34-35-22-20-33(43(27-15-23-39)28-16-24-40)30-37(35)41(3)38(36(34)29-32)31-17-11-10-12-18-31/h10-12,17-22,29-30,37H,4-9,13-16,23-28,39-40H2,1-3H3. The lowest BCUT2D eigenvalue weighted by atomic mass is 9.89. The lowest BCUT2D eigenvalue weighted by Gasteiger charge is -2.38. The summed E-state index contributed by atoms with van der Waals surface area (Å²) in [5.74, 6) is 0. The molecule has 2 aliphatic rings. The molecule has 0 radical (unpaired) electrons. The maximum atomic E-state index is 5.90. The van der Waals surface area contributed by atoms with Gasteiger partial charge in [0, 0.05) is 49.8 Å². The van der Waals surface area contributed by atoms with E-state index in [-0.39, 0.29) is 6.04 Å². The van der Waals surface area contributed by atoms with Crippen molar-refractivity contribution in [1.29, 1.82) is 0 Å². The Morgan fingerprint density at radius 3 is 1.91 bits per heavy atom. The van der Waals surface area contributed by atoms with Crippen molar-refractivity contribution in [2.24, 2.45) is 11.5 Å². The highest BCUT2D eigenvalue weighted by molar-refractivity contribution is 5.77. The monoisotopic (exact) mass is 583 g/mol. The molecule has 0 amide bonds. The number of nitrogens with two attached hydrogens (primary N) is 2. The van der Waals surface area contributed by atoms with E-state index in [9.17, 15) is 0 Å². The van der Waals surface area contributed by atoms with Crippen LogP contribution >= 0.6 is 0 Å². The molecule has 1 aliphatic heterocycles. The average molecular weight is 584 g/mol. The maximum absolute atomic E-state index is 5.90. The number of unbranched alkanes of at least 4 members (excludes halogenated alkanes) is 6. The second kappa shape index (κ2) is 17.3. The van der Waals surface area contributed by atoms with E-state index in [0.717, 1.165) is 39.0 Å². The summed E-state index contributed by atoms with van der Waals surface area (Å²) in [6.45, 7) is 10.2. The number of nitrogens with zero attached hydrogens (tertiary/aromatic N) is 3. The lowest BCUT2D eigenvalue weighted by Crippen LogP contribution is -2.47. The van der Waals surface area contributed by atoms with Crippen molar-refractivity contribution in [3.05, 3.63) is 88.5 Å². The molecule has 5 nitrogen and oxygen atoms in total. The minimum atomic E-state index is 0.172. The number of hydrogen-bond donors (Lipinski definition) is 2. The Labute approximate surface area is 261 Å². The number of rotatable bonds is 19. The molecule has 4 N–H and O–H groups in total. The van der Waals surface area contributed by atoms with Gasteiger partial charge in [-0.05, 0) is 79.4 Å². The van der Waals surface area contributed by atoms with Gasteiger partial charge >= 0.3 is 0 Å². The van der Waals surface area contributed by atoms with Crippen molar-refractivity contribution in [3.63, 3.8) is 0 Å². The number of benzene rings is 2. The second-order valence-corrected chi connectivity index (χ2v) is 12.3. The van der Waals surface area contributed by atoms with Crippen LogP contribution in [0.1, 0.15) is 83.6 Å². The highest BCUT2D eigenvalue weighted by atomic mass is 15.2. The highest BCUT2D eigenvalue weighted by Crippen LogP contribution is 2.30. The van der Waals surface area contributed by atoms with Gasteiger partial charge < -0.3 is 26.2 Å². The first-order valence-corrected chi connectivity index (χ1v) is 17.1. The minimum Gasteiger partial charge on any atom is -0.372 e. The van der Waals surface area contributed by atoms with Gasteiger partial charge in [0.1, 0.15) is 0 Å². The van der Waals surface area contributed by atoms with Gasteiger partial charge in [0.15, 0.2) is 0 Å².